The van der Waals surface area contributed by atoms with Crippen LogP contribution >= 0.6 is 24.0 Å². The van der Waals surface area contributed by atoms with E-state index in [2.05, 4.69) is 34.6 Å². The fourth-order valence-corrected chi connectivity index (χ4v) is 3.14. The number of carbonyl (C=O) groups excluding carboxylic acids is 1. The van der Waals surface area contributed by atoms with E-state index >= 15 is 0 Å². The molecule has 2 N–H and O–H groups in total. The van der Waals surface area contributed by atoms with Crippen molar-refractivity contribution in [1.29, 1.82) is 0 Å². The van der Waals surface area contributed by atoms with Crippen molar-refractivity contribution in [3.63, 3.8) is 0 Å². The van der Waals surface area contributed by atoms with E-state index in [0.717, 1.165) is 36.6 Å². The third-order valence-electron chi connectivity index (χ3n) is 4.36. The number of nitrogens with one attached hydrogen (secondary N) is 2. The van der Waals surface area contributed by atoms with Gasteiger partial charge in [-0.15, -0.1) is 24.0 Å². The Morgan fingerprint density at radius 3 is 2.59 bits per heavy atom. The summed E-state index contributed by atoms with van der Waals surface area (Å²) in [7, 11) is 1.70. The quantitative estimate of drug-likeness (QED) is 0.343. The maximum Gasteiger partial charge on any atom is 0.407 e. The van der Waals surface area contributed by atoms with Gasteiger partial charge in [-0.1, -0.05) is 24.3 Å². The average molecular weight is 518 g/mol. The highest BCUT2D eigenvalue weighted by Crippen LogP contribution is 2.14. The smallest absolute Gasteiger partial charge is 0.407 e. The second-order valence-corrected chi connectivity index (χ2v) is 7.95. The fourth-order valence-electron chi connectivity index (χ4n) is 3.14. The van der Waals surface area contributed by atoms with E-state index in [0.29, 0.717) is 19.7 Å². The molecule has 164 valence electrons. The third kappa shape index (κ3) is 8.77. The Labute approximate surface area is 191 Å². The van der Waals surface area contributed by atoms with Crippen LogP contribution in [0.1, 0.15) is 45.2 Å². The average Bonchev–Trinajstić information content (AvgIpc) is 3.06. The van der Waals surface area contributed by atoms with E-state index in [4.69, 9.17) is 14.5 Å². The number of likely N-dealkylation sites (tertiary alicyclic amines) is 1. The molecule has 1 aromatic carbocycles. The lowest BCUT2D eigenvalue weighted by atomic mass is 10.1. The number of nitrogens with zero attached hydrogens (tertiary/aromatic N) is 2. The summed E-state index contributed by atoms with van der Waals surface area (Å²) >= 11 is 0. The summed E-state index contributed by atoms with van der Waals surface area (Å²) in [4.78, 5) is 19.0. The van der Waals surface area contributed by atoms with Crippen molar-refractivity contribution < 1.29 is 14.3 Å². The van der Waals surface area contributed by atoms with Gasteiger partial charge in [-0.25, -0.2) is 9.79 Å². The number of benzene rings is 1. The summed E-state index contributed by atoms with van der Waals surface area (Å²) in [6.45, 7) is 11.2. The zero-order chi connectivity index (χ0) is 20.6. The van der Waals surface area contributed by atoms with Gasteiger partial charge in [0.25, 0.3) is 0 Å². The predicted molar refractivity (Wildman–Crippen MR) is 127 cm³/mol. The molecule has 1 aliphatic heterocycles. The lowest BCUT2D eigenvalue weighted by Gasteiger charge is -2.23. The standard InChI is InChI=1S/C21H34N4O3.HI/c1-6-22-19(23-13-16-9-7-8-10-17(16)15-27-5)25-12-11-18(14-25)24-20(26)28-21(2,3)4;/h7-10,18H,6,11-15H2,1-5H3,(H,22,23)(H,24,26);1H. The van der Waals surface area contributed by atoms with Gasteiger partial charge >= 0.3 is 6.09 Å². The monoisotopic (exact) mass is 518 g/mol. The third-order valence-corrected chi connectivity index (χ3v) is 4.36. The van der Waals surface area contributed by atoms with Crippen LogP contribution in [-0.2, 0) is 22.6 Å². The molecule has 8 heteroatoms. The van der Waals surface area contributed by atoms with Crippen LogP contribution in [0.25, 0.3) is 0 Å². The highest BCUT2D eigenvalue weighted by Gasteiger charge is 2.27. The number of rotatable bonds is 6. The first-order valence-electron chi connectivity index (χ1n) is 9.91. The van der Waals surface area contributed by atoms with Crippen LogP contribution < -0.4 is 10.6 Å². The van der Waals surface area contributed by atoms with Gasteiger partial charge in [-0.3, -0.25) is 0 Å². The number of ether oxygens (including phenoxy) is 2. The summed E-state index contributed by atoms with van der Waals surface area (Å²) in [5.74, 6) is 0.864. The van der Waals surface area contributed by atoms with Gasteiger partial charge in [0.05, 0.1) is 19.2 Å². The van der Waals surface area contributed by atoms with E-state index in [1.54, 1.807) is 7.11 Å². The first kappa shape index (κ1) is 25.5. The van der Waals surface area contributed by atoms with Crippen molar-refractivity contribution in [2.24, 2.45) is 4.99 Å². The Morgan fingerprint density at radius 2 is 1.97 bits per heavy atom. The molecule has 2 rings (SSSR count). The zero-order valence-corrected chi connectivity index (χ0v) is 20.5. The molecule has 1 aliphatic rings. The molecule has 1 amide bonds. The molecule has 0 bridgehead atoms. The van der Waals surface area contributed by atoms with Crippen LogP contribution in [0.15, 0.2) is 29.3 Å². The van der Waals surface area contributed by atoms with Crippen molar-refractivity contribution in [1.82, 2.24) is 15.5 Å². The van der Waals surface area contributed by atoms with E-state index in [1.165, 1.54) is 0 Å². The second kappa shape index (κ2) is 12.2. The number of halogens is 1. The van der Waals surface area contributed by atoms with Crippen LogP contribution in [0.3, 0.4) is 0 Å². The van der Waals surface area contributed by atoms with Gasteiger partial charge in [0, 0.05) is 26.7 Å². The summed E-state index contributed by atoms with van der Waals surface area (Å²) in [6.07, 6.45) is 0.499. The maximum atomic E-state index is 12.0. The van der Waals surface area contributed by atoms with Crippen LogP contribution in [0.4, 0.5) is 4.79 Å². The number of methoxy groups -OCH3 is 1. The Morgan fingerprint density at radius 1 is 1.28 bits per heavy atom. The SMILES string of the molecule is CCNC(=NCc1ccccc1COC)N1CCC(NC(=O)OC(C)(C)C)C1.I. The minimum atomic E-state index is -0.492. The van der Waals surface area contributed by atoms with Gasteiger partial charge < -0.3 is 25.0 Å². The molecule has 1 unspecified atom stereocenters. The molecule has 0 spiro atoms. The lowest BCUT2D eigenvalue weighted by molar-refractivity contribution is 0.0507. The fraction of sp³-hybridized carbons (Fsp3) is 0.619. The van der Waals surface area contributed by atoms with Gasteiger partial charge in [0.2, 0.25) is 0 Å². The van der Waals surface area contributed by atoms with Crippen molar-refractivity contribution in [2.45, 2.75) is 58.9 Å². The van der Waals surface area contributed by atoms with Gasteiger partial charge in [-0.2, -0.15) is 0 Å². The summed E-state index contributed by atoms with van der Waals surface area (Å²) in [6, 6.07) is 8.24. The molecule has 0 saturated carbocycles. The summed E-state index contributed by atoms with van der Waals surface area (Å²) in [5.41, 5.74) is 1.81. The molecule has 29 heavy (non-hydrogen) atoms. The Kier molecular flexibility index (Phi) is 10.7. The molecule has 1 heterocycles. The maximum absolute atomic E-state index is 12.0. The Balaban J connectivity index is 0.00000420. The molecule has 1 fully saturated rings. The predicted octanol–water partition coefficient (Wildman–Crippen LogP) is 3.52. The van der Waals surface area contributed by atoms with Crippen LogP contribution in [-0.4, -0.2) is 55.3 Å². The normalized spacial score (nSPS) is 16.9. The minimum Gasteiger partial charge on any atom is -0.444 e. The number of guanidine groups is 1. The number of amides is 1. The minimum absolute atomic E-state index is 0. The van der Waals surface area contributed by atoms with E-state index in [9.17, 15) is 4.79 Å². The topological polar surface area (TPSA) is 75.2 Å². The van der Waals surface area contributed by atoms with E-state index < -0.39 is 5.60 Å². The largest absolute Gasteiger partial charge is 0.444 e. The van der Waals surface area contributed by atoms with Crippen molar-refractivity contribution in [3.05, 3.63) is 35.4 Å². The number of carbonyl (C=O) groups is 1. The highest BCUT2D eigenvalue weighted by molar-refractivity contribution is 14.0. The molecule has 7 nitrogen and oxygen atoms in total. The Bertz CT molecular complexity index is 676. The molecule has 0 aliphatic carbocycles. The zero-order valence-electron chi connectivity index (χ0n) is 18.2. The lowest BCUT2D eigenvalue weighted by Crippen LogP contribution is -2.44. The van der Waals surface area contributed by atoms with Crippen molar-refractivity contribution in [2.75, 3.05) is 26.7 Å². The van der Waals surface area contributed by atoms with Crippen LogP contribution in [0, 0.1) is 0 Å². The van der Waals surface area contributed by atoms with Gasteiger partial charge in [0.1, 0.15) is 5.60 Å². The molecule has 0 aromatic heterocycles. The van der Waals surface area contributed by atoms with Gasteiger partial charge in [-0.05, 0) is 45.2 Å². The molecule has 1 saturated heterocycles. The number of aliphatic imine (C=N–C) groups is 1. The van der Waals surface area contributed by atoms with Crippen LogP contribution in [0.5, 0.6) is 0 Å². The molecule has 0 radical (unpaired) electrons. The van der Waals surface area contributed by atoms with Gasteiger partial charge in [0.15, 0.2) is 5.96 Å². The summed E-state index contributed by atoms with van der Waals surface area (Å²) in [5, 5.41) is 6.32. The van der Waals surface area contributed by atoms with E-state index in [-0.39, 0.29) is 36.1 Å². The highest BCUT2D eigenvalue weighted by atomic mass is 127. The Hall–Kier alpha value is -1.55. The second-order valence-electron chi connectivity index (χ2n) is 7.95. The number of hydrogen-bond acceptors (Lipinski definition) is 4. The first-order valence-corrected chi connectivity index (χ1v) is 9.91. The van der Waals surface area contributed by atoms with Crippen molar-refractivity contribution >= 4 is 36.0 Å². The number of alkyl carbamates (subject to hydrolysis) is 1. The van der Waals surface area contributed by atoms with Crippen molar-refractivity contribution in [3.8, 4) is 0 Å². The van der Waals surface area contributed by atoms with Crippen LogP contribution in [0.2, 0.25) is 0 Å². The molecular weight excluding hydrogens is 483 g/mol. The number of hydrogen-bond donors (Lipinski definition) is 2. The first-order chi connectivity index (χ1) is 13.3. The van der Waals surface area contributed by atoms with E-state index in [1.807, 2.05) is 32.9 Å². The summed E-state index contributed by atoms with van der Waals surface area (Å²) < 4.78 is 10.6. The molecular formula is C21H35IN4O3. The molecule has 1 aromatic rings. The molecule has 1 atom stereocenters.